The first kappa shape index (κ1) is 14.1. The van der Waals surface area contributed by atoms with Gasteiger partial charge in [-0.25, -0.2) is 4.79 Å². The SMILES string of the molecule is COC(=O)c1ccc(C(O)C(O)CC(N)=O)nc1. The molecule has 0 radical (unpaired) electrons. The number of methoxy groups -OCH3 is 1. The highest BCUT2D eigenvalue weighted by molar-refractivity contribution is 5.88. The molecule has 0 aromatic carbocycles. The average molecular weight is 254 g/mol. The van der Waals surface area contributed by atoms with Gasteiger partial charge in [-0.15, -0.1) is 0 Å². The van der Waals surface area contributed by atoms with Gasteiger partial charge in [0, 0.05) is 6.20 Å². The Bertz CT molecular complexity index is 432. The summed E-state index contributed by atoms with van der Waals surface area (Å²) >= 11 is 0. The number of hydrogen-bond acceptors (Lipinski definition) is 6. The number of nitrogens with two attached hydrogens (primary N) is 1. The van der Waals surface area contributed by atoms with Gasteiger partial charge in [-0.3, -0.25) is 9.78 Å². The molecule has 1 heterocycles. The van der Waals surface area contributed by atoms with Crippen LogP contribution in [0, 0.1) is 0 Å². The second kappa shape index (κ2) is 6.08. The number of aliphatic hydroxyl groups is 2. The number of hydrogen-bond donors (Lipinski definition) is 3. The van der Waals surface area contributed by atoms with Gasteiger partial charge in [0.2, 0.25) is 5.91 Å². The Hall–Kier alpha value is -1.99. The van der Waals surface area contributed by atoms with Crippen LogP contribution in [0.1, 0.15) is 28.6 Å². The molecule has 7 nitrogen and oxygen atoms in total. The highest BCUT2D eigenvalue weighted by Gasteiger charge is 2.21. The number of rotatable bonds is 5. The molecule has 4 N–H and O–H groups in total. The molecule has 0 aliphatic rings. The molecule has 0 aliphatic heterocycles. The summed E-state index contributed by atoms with van der Waals surface area (Å²) in [6, 6.07) is 2.76. The van der Waals surface area contributed by atoms with Crippen molar-refractivity contribution in [1.29, 1.82) is 0 Å². The lowest BCUT2D eigenvalue weighted by Crippen LogP contribution is -2.26. The van der Waals surface area contributed by atoms with Crippen LogP contribution in [0.3, 0.4) is 0 Å². The Morgan fingerprint density at radius 3 is 2.56 bits per heavy atom. The number of amides is 1. The van der Waals surface area contributed by atoms with Crippen molar-refractivity contribution in [2.45, 2.75) is 18.6 Å². The normalized spacial score (nSPS) is 13.7. The van der Waals surface area contributed by atoms with Crippen molar-refractivity contribution < 1.29 is 24.5 Å². The van der Waals surface area contributed by atoms with Crippen LogP contribution in [-0.2, 0) is 9.53 Å². The number of carbonyl (C=O) groups is 2. The largest absolute Gasteiger partial charge is 0.465 e. The molecular weight excluding hydrogens is 240 g/mol. The van der Waals surface area contributed by atoms with Crippen molar-refractivity contribution in [3.63, 3.8) is 0 Å². The number of pyridine rings is 1. The monoisotopic (exact) mass is 254 g/mol. The number of aromatic nitrogens is 1. The molecule has 0 spiro atoms. The van der Waals surface area contributed by atoms with Crippen LogP contribution in [0.25, 0.3) is 0 Å². The Morgan fingerprint density at radius 2 is 2.11 bits per heavy atom. The molecule has 98 valence electrons. The third-order valence-electron chi connectivity index (χ3n) is 2.29. The summed E-state index contributed by atoms with van der Waals surface area (Å²) < 4.78 is 4.48. The van der Waals surface area contributed by atoms with Crippen LogP contribution in [0.4, 0.5) is 0 Å². The predicted molar refractivity (Wildman–Crippen MR) is 60.4 cm³/mol. The molecule has 0 saturated heterocycles. The topological polar surface area (TPSA) is 123 Å². The molecule has 1 amide bonds. The summed E-state index contributed by atoms with van der Waals surface area (Å²) in [6.07, 6.45) is -1.84. The van der Waals surface area contributed by atoms with Crippen LogP contribution >= 0.6 is 0 Å². The van der Waals surface area contributed by atoms with E-state index in [9.17, 15) is 19.8 Å². The third-order valence-corrected chi connectivity index (χ3v) is 2.29. The highest BCUT2D eigenvalue weighted by atomic mass is 16.5. The molecule has 0 fully saturated rings. The van der Waals surface area contributed by atoms with E-state index in [1.54, 1.807) is 0 Å². The lowest BCUT2D eigenvalue weighted by atomic mass is 10.1. The van der Waals surface area contributed by atoms with Crippen LogP contribution in [0.15, 0.2) is 18.3 Å². The Labute approximate surface area is 103 Å². The van der Waals surface area contributed by atoms with E-state index in [1.165, 1.54) is 25.4 Å². The minimum absolute atomic E-state index is 0.136. The molecule has 7 heteroatoms. The fourth-order valence-corrected chi connectivity index (χ4v) is 1.33. The zero-order chi connectivity index (χ0) is 13.7. The fraction of sp³-hybridized carbons (Fsp3) is 0.364. The zero-order valence-electron chi connectivity index (χ0n) is 9.74. The minimum Gasteiger partial charge on any atom is -0.465 e. The van der Waals surface area contributed by atoms with Gasteiger partial charge >= 0.3 is 5.97 Å². The summed E-state index contributed by atoms with van der Waals surface area (Å²) in [5.41, 5.74) is 5.26. The van der Waals surface area contributed by atoms with Crippen LogP contribution in [-0.4, -0.2) is 40.3 Å². The van der Waals surface area contributed by atoms with E-state index >= 15 is 0 Å². The maximum atomic E-state index is 11.1. The van der Waals surface area contributed by atoms with Crippen molar-refractivity contribution in [2.75, 3.05) is 7.11 Å². The van der Waals surface area contributed by atoms with Crippen molar-refractivity contribution in [3.8, 4) is 0 Å². The summed E-state index contributed by atoms with van der Waals surface area (Å²) in [5, 5.41) is 19.2. The average Bonchev–Trinajstić information content (AvgIpc) is 2.36. The molecular formula is C11H14N2O5. The van der Waals surface area contributed by atoms with Crippen molar-refractivity contribution >= 4 is 11.9 Å². The number of esters is 1. The minimum atomic E-state index is -1.34. The summed E-state index contributed by atoms with van der Waals surface area (Å²) in [7, 11) is 1.24. The Balaban J connectivity index is 2.78. The quantitative estimate of drug-likeness (QED) is 0.587. The van der Waals surface area contributed by atoms with Gasteiger partial charge < -0.3 is 20.7 Å². The van der Waals surface area contributed by atoms with E-state index in [0.29, 0.717) is 0 Å². The van der Waals surface area contributed by atoms with Gasteiger partial charge in [-0.05, 0) is 12.1 Å². The predicted octanol–water partition coefficient (Wildman–Crippen LogP) is -0.862. The van der Waals surface area contributed by atoms with E-state index in [4.69, 9.17) is 5.73 Å². The number of primary amides is 1. The van der Waals surface area contributed by atoms with Crippen LogP contribution < -0.4 is 5.73 Å². The molecule has 18 heavy (non-hydrogen) atoms. The van der Waals surface area contributed by atoms with E-state index in [0.717, 1.165) is 0 Å². The van der Waals surface area contributed by atoms with E-state index in [1.807, 2.05) is 0 Å². The van der Waals surface area contributed by atoms with Crippen LogP contribution in [0.5, 0.6) is 0 Å². The Kier molecular flexibility index (Phi) is 4.75. The second-order valence-electron chi connectivity index (χ2n) is 3.65. The zero-order valence-corrected chi connectivity index (χ0v) is 9.74. The van der Waals surface area contributed by atoms with Gasteiger partial charge in [-0.2, -0.15) is 0 Å². The lowest BCUT2D eigenvalue weighted by Gasteiger charge is -2.15. The maximum absolute atomic E-state index is 11.1. The van der Waals surface area contributed by atoms with E-state index < -0.39 is 24.1 Å². The first-order valence-electron chi connectivity index (χ1n) is 5.14. The maximum Gasteiger partial charge on any atom is 0.339 e. The van der Waals surface area contributed by atoms with Crippen molar-refractivity contribution in [2.24, 2.45) is 5.73 Å². The molecule has 0 saturated carbocycles. The van der Waals surface area contributed by atoms with E-state index in [-0.39, 0.29) is 17.7 Å². The van der Waals surface area contributed by atoms with Gasteiger partial charge in [-0.1, -0.05) is 0 Å². The number of carbonyl (C=O) groups excluding carboxylic acids is 2. The van der Waals surface area contributed by atoms with E-state index in [2.05, 4.69) is 9.72 Å². The Morgan fingerprint density at radius 1 is 1.44 bits per heavy atom. The lowest BCUT2D eigenvalue weighted by molar-refractivity contribution is -0.121. The van der Waals surface area contributed by atoms with Crippen LogP contribution in [0.2, 0.25) is 0 Å². The highest BCUT2D eigenvalue weighted by Crippen LogP contribution is 2.17. The standard InChI is InChI=1S/C11H14N2O5/c1-18-11(17)6-2-3-7(13-5-6)10(16)8(14)4-9(12)15/h2-3,5,8,10,14,16H,4H2,1H3,(H2,12,15). The number of ether oxygens (including phenoxy) is 1. The summed E-state index contributed by atoms with van der Waals surface area (Å²) in [5.74, 6) is -1.28. The fourth-order valence-electron chi connectivity index (χ4n) is 1.33. The van der Waals surface area contributed by atoms with Gasteiger partial charge in [0.25, 0.3) is 0 Å². The first-order valence-corrected chi connectivity index (χ1v) is 5.14. The molecule has 1 aromatic heterocycles. The molecule has 1 aromatic rings. The number of nitrogens with zero attached hydrogens (tertiary/aromatic N) is 1. The molecule has 0 aliphatic carbocycles. The first-order chi connectivity index (χ1) is 8.45. The summed E-state index contributed by atoms with van der Waals surface area (Å²) in [4.78, 5) is 25.5. The summed E-state index contributed by atoms with van der Waals surface area (Å²) in [6.45, 7) is 0. The molecule has 2 unspecified atom stereocenters. The smallest absolute Gasteiger partial charge is 0.339 e. The number of aliphatic hydroxyl groups excluding tert-OH is 2. The molecule has 2 atom stereocenters. The molecule has 1 rings (SSSR count). The van der Waals surface area contributed by atoms with Gasteiger partial charge in [0.1, 0.15) is 6.10 Å². The molecule has 0 bridgehead atoms. The third kappa shape index (κ3) is 3.51. The second-order valence-corrected chi connectivity index (χ2v) is 3.65. The van der Waals surface area contributed by atoms with Crippen molar-refractivity contribution in [3.05, 3.63) is 29.6 Å². The van der Waals surface area contributed by atoms with Gasteiger partial charge in [0.05, 0.1) is 30.9 Å². The van der Waals surface area contributed by atoms with Gasteiger partial charge in [0.15, 0.2) is 0 Å². The van der Waals surface area contributed by atoms with Crippen molar-refractivity contribution in [1.82, 2.24) is 4.98 Å².